The number of hydrogen-bond acceptors (Lipinski definition) is 27. The number of carboxylic acid groups (broad SMARTS) is 2. The fourth-order valence-electron chi connectivity index (χ4n) is 8.97. The maximum atomic E-state index is 12.9. The molecule has 10 N–H and O–H groups in total. The Morgan fingerprint density at radius 3 is 1.46 bits per heavy atom. The number of sulfonamides is 2. The molecule has 38 heteroatoms. The molecule has 0 spiro atoms. The first kappa shape index (κ1) is 123. The van der Waals surface area contributed by atoms with Gasteiger partial charge in [0.25, 0.3) is 6.47 Å². The van der Waals surface area contributed by atoms with Crippen LogP contribution in [-0.2, 0) is 72.8 Å². The molecule has 2 amide bonds. The summed E-state index contributed by atoms with van der Waals surface area (Å²) >= 11 is 15.9. The SMILES string of the molecule is CC(=O)[C@H](N)CS.CC(=O)[C@H]1CSC(C(C)(C)C)N1.CC(=O)[C@H]1CSC(C(C)(C)C)N1C=O.CC(=O)[C@](C)(CSCCCO)NS(=O)(=O)c1ccc(C)cc1.CC(=O)[C@]1(C)CSC(C(C)(C)C)N1C=O.CC(=O)[C@]1(C)CSCCCN1S(=O)(=O)c1ccc(C)cc1.CC(C)(C)C=O.C[C@](N)(CS)C(=O)O.Cl.Cl.O=CO.[Na+].[OH-]. The molecule has 0 saturated carbocycles. The molecule has 0 aliphatic carbocycles. The summed E-state index contributed by atoms with van der Waals surface area (Å²) in [5.41, 5.74) is 8.55. The number of carbonyl (C=O) groups excluding carboxylic acids is 9. The van der Waals surface area contributed by atoms with E-state index in [1.165, 1.54) is 55.9 Å². The van der Waals surface area contributed by atoms with Crippen LogP contribution in [0.25, 0.3) is 0 Å². The number of benzene rings is 2. The summed E-state index contributed by atoms with van der Waals surface area (Å²) in [6.07, 6.45) is 3.94. The molecule has 0 aromatic heterocycles. The number of aliphatic hydroxyl groups excluding tert-OH is 1. The minimum absolute atomic E-state index is 0. The Hall–Kier alpha value is -2.34. The van der Waals surface area contributed by atoms with Crippen molar-refractivity contribution in [3.63, 3.8) is 0 Å². The summed E-state index contributed by atoms with van der Waals surface area (Å²) in [4.78, 5) is 122. The van der Waals surface area contributed by atoms with Crippen molar-refractivity contribution in [3.8, 4) is 0 Å². The molecule has 4 aliphatic rings. The van der Waals surface area contributed by atoms with Gasteiger partial charge in [-0.15, -0.1) is 60.1 Å². The molecule has 4 aliphatic heterocycles. The molecule has 112 heavy (non-hydrogen) atoms. The average molecular weight is 1800 g/mol. The Morgan fingerprint density at radius 2 is 1.16 bits per heavy atom. The van der Waals surface area contributed by atoms with Crippen LogP contribution in [-0.4, -0.2) is 239 Å². The number of aryl methyl sites for hydroxylation is 2. The van der Waals surface area contributed by atoms with Crippen LogP contribution >= 0.6 is 109 Å². The summed E-state index contributed by atoms with van der Waals surface area (Å²) in [7, 11) is -7.41. The normalized spacial score (nSPS) is 21.3. The third-order valence-corrected chi connectivity index (χ3v) is 29.4. The van der Waals surface area contributed by atoms with Gasteiger partial charge >= 0.3 is 35.5 Å². The number of amides is 2. The van der Waals surface area contributed by atoms with Gasteiger partial charge in [0.15, 0.2) is 23.1 Å². The van der Waals surface area contributed by atoms with Crippen molar-refractivity contribution >= 4 is 195 Å². The van der Waals surface area contributed by atoms with Crippen molar-refractivity contribution in [2.24, 2.45) is 33.1 Å². The summed E-state index contributed by atoms with van der Waals surface area (Å²) in [6, 6.07) is 12.8. The number of aliphatic hydroxyl groups is 1. The van der Waals surface area contributed by atoms with Crippen LogP contribution in [0.1, 0.15) is 176 Å². The molecule has 6 rings (SSSR count). The van der Waals surface area contributed by atoms with E-state index < -0.39 is 48.2 Å². The number of aliphatic carboxylic acids is 1. The van der Waals surface area contributed by atoms with Gasteiger partial charge in [-0.1, -0.05) is 118 Å². The minimum atomic E-state index is -3.76. The molecule has 4 fully saturated rings. The summed E-state index contributed by atoms with van der Waals surface area (Å²) < 4.78 is 54.7. The largest absolute Gasteiger partial charge is 1.00 e. The zero-order chi connectivity index (χ0) is 85.2. The second-order valence-corrected chi connectivity index (χ2v) is 41.2. The van der Waals surface area contributed by atoms with Crippen LogP contribution in [0.5, 0.6) is 0 Å². The number of thioether (sulfide) groups is 5. The minimum Gasteiger partial charge on any atom is -0.870 e. The van der Waals surface area contributed by atoms with Crippen molar-refractivity contribution < 1.29 is 120 Å². The zero-order valence-corrected chi connectivity index (χ0v) is 81.2. The van der Waals surface area contributed by atoms with Crippen LogP contribution < -0.4 is 51.1 Å². The van der Waals surface area contributed by atoms with Gasteiger partial charge in [-0.25, -0.2) is 16.8 Å². The smallest absolute Gasteiger partial charge is 0.870 e. The number of thiol groups is 2. The van der Waals surface area contributed by atoms with E-state index in [0.717, 1.165) is 53.9 Å². The molecule has 26 nitrogen and oxygen atoms in total. The molecular formula is C74H130Cl2N7NaO19S9. The summed E-state index contributed by atoms with van der Waals surface area (Å²) in [5.74, 6) is 4.37. The fourth-order valence-corrected chi connectivity index (χ4v) is 20.1. The quantitative estimate of drug-likeness (QED) is 0.0253. The van der Waals surface area contributed by atoms with Gasteiger partial charge in [-0.3, -0.25) is 53.3 Å². The molecule has 0 radical (unpaired) electrons. The van der Waals surface area contributed by atoms with E-state index >= 15 is 0 Å². The number of carboxylic acids is 1. The van der Waals surface area contributed by atoms with Crippen molar-refractivity contribution in [3.05, 3.63) is 59.7 Å². The Labute approximate surface area is 735 Å². The summed E-state index contributed by atoms with van der Waals surface area (Å²) in [5, 5.41) is 27.9. The van der Waals surface area contributed by atoms with E-state index in [-0.39, 0.29) is 174 Å². The van der Waals surface area contributed by atoms with Crippen molar-refractivity contribution in [1.82, 2.24) is 24.1 Å². The number of nitrogens with zero attached hydrogens (tertiary/aromatic N) is 3. The van der Waals surface area contributed by atoms with Gasteiger partial charge in [0, 0.05) is 58.8 Å². The first-order chi connectivity index (χ1) is 49.2. The average Bonchev–Trinajstić information content (AvgIpc) is 1.56. The number of rotatable bonds is 21. The van der Waals surface area contributed by atoms with Crippen molar-refractivity contribution in [2.45, 2.75) is 245 Å². The van der Waals surface area contributed by atoms with Gasteiger partial charge in [-0.05, 0) is 148 Å². The van der Waals surface area contributed by atoms with E-state index in [9.17, 15) is 64.8 Å². The second-order valence-electron chi connectivity index (χ2n) is 31.4. The molecule has 2 aromatic rings. The number of Topliss-reactive ketones (excluding diaryl/α,β-unsaturated/α-hetero) is 6. The number of aldehydes is 1. The third kappa shape index (κ3) is 43.6. The van der Waals surface area contributed by atoms with Crippen molar-refractivity contribution in [2.75, 3.05) is 64.9 Å². The van der Waals surface area contributed by atoms with Crippen LogP contribution in [0.3, 0.4) is 0 Å². The Morgan fingerprint density at radius 1 is 0.705 bits per heavy atom. The van der Waals surface area contributed by atoms with E-state index in [2.05, 4.69) is 97.6 Å². The van der Waals surface area contributed by atoms with Gasteiger partial charge in [0.1, 0.15) is 34.5 Å². The standard InChI is InChI=1S/C15H23NO4S2.C15H21NO3S2.C11H19NO2S.C10H17NO2S.C9H17NOS.C5H10O.C4H9NO2S.C4H9NOS.CH2O2.2ClH.Na.H2O/c1-12-5-7-14(8-6-12)22(19,20)16-15(3,13(2)18)11-21-10-4-9-17;1-12-5-7-14(8-6-12)21(18,19)16-9-4-10-20-11-15(16,3)13(2)17;1-8(14)11(5)6-15-9(10(2,3)4)12(11)7-13;1-7(13)8-5-14-9(10(2,3)4)11(8)6-12;1-6(11)7-5-12-8(10-7)9(2,3)4;1-5(2,3)4-6;1-4(5,2-8)3(6)7;1-3(6)4(5)2-7;2-1-3;;;;/h5-8,16-17H,4,9-11H2,1-3H3;5-8H,4,9-11H2,1-3H3;7,9H,6H2,1-5H3;6,8-9H,5H2,1-4H3;7-8,10H,5H2,1-4H3;4H,1-3H3;8H,2,5H2,1H3,(H,6,7);4,7H,2,5H2,1H3;1H,(H,2,3);2*1H;;1H2/q;;;;;;;;;;;+1;/p-1/t2*15-;9?,11-;8-,9?;7-,8?;;2*4-;;;;;/m00011.01...../s1. The Kier molecular flexibility index (Phi) is 61.7. The number of nitrogens with two attached hydrogens (primary N) is 2. The fraction of sp³-hybridized carbons (Fsp3) is 0.689. The van der Waals surface area contributed by atoms with E-state index in [4.69, 9.17) is 31.6 Å². The maximum Gasteiger partial charge on any atom is 1.00 e. The van der Waals surface area contributed by atoms with E-state index in [1.54, 1.807) is 116 Å². The first-order valence-electron chi connectivity index (χ1n) is 34.8. The van der Waals surface area contributed by atoms with E-state index in [1.807, 2.05) is 53.3 Å². The van der Waals surface area contributed by atoms with Gasteiger partial charge in [0.2, 0.25) is 32.9 Å². The second kappa shape index (κ2) is 56.2. The molecule has 3 unspecified atom stereocenters. The molecule has 0 bridgehead atoms. The van der Waals surface area contributed by atoms with E-state index in [0.29, 0.717) is 47.1 Å². The maximum absolute atomic E-state index is 12.9. The molecule has 4 saturated heterocycles. The number of nitrogens with one attached hydrogen (secondary N) is 2. The molecule has 644 valence electrons. The predicted octanol–water partition coefficient (Wildman–Crippen LogP) is 7.45. The van der Waals surface area contributed by atoms with Crippen LogP contribution in [0.2, 0.25) is 0 Å². The van der Waals surface area contributed by atoms with Gasteiger partial charge < -0.3 is 46.9 Å². The van der Waals surface area contributed by atoms with Crippen molar-refractivity contribution in [1.29, 1.82) is 0 Å². The zero-order valence-electron chi connectivity index (χ0n) is 70.1. The molecule has 4 heterocycles. The van der Waals surface area contributed by atoms with Crippen LogP contribution in [0, 0.1) is 35.5 Å². The summed E-state index contributed by atoms with van der Waals surface area (Å²) in [6.45, 7) is 44.4. The molecular weight excluding hydrogens is 1670 g/mol. The van der Waals surface area contributed by atoms with Gasteiger partial charge in [0.05, 0.1) is 49.6 Å². The monoisotopic (exact) mass is 1800 g/mol. The number of ketones is 6. The Balaban J connectivity index is -0.000000230. The van der Waals surface area contributed by atoms with Crippen LogP contribution in [0.15, 0.2) is 58.3 Å². The molecule has 10 atom stereocenters. The number of hydrogen-bond donors (Lipinski definition) is 9. The third-order valence-electron chi connectivity index (χ3n) is 16.5. The van der Waals surface area contributed by atoms with Crippen LogP contribution in [0.4, 0.5) is 0 Å². The topological polar surface area (TPSA) is 433 Å². The van der Waals surface area contributed by atoms with Gasteiger partial charge in [-0.2, -0.15) is 57.8 Å². The molecule has 2 aromatic carbocycles. The number of carbonyl (C=O) groups is 11. The number of halogens is 2. The Bertz CT molecular complexity index is 3450. The predicted molar refractivity (Wildman–Crippen MR) is 467 cm³/mol. The first-order valence-corrected chi connectivity index (χ1v) is 44.4.